The van der Waals surface area contributed by atoms with E-state index in [1.807, 2.05) is 0 Å². The van der Waals surface area contributed by atoms with Crippen LogP contribution in [0.15, 0.2) is 18.3 Å². The summed E-state index contributed by atoms with van der Waals surface area (Å²) in [6.45, 7) is 1.11. The predicted octanol–water partition coefficient (Wildman–Crippen LogP) is 1.60. The number of hydrogen-bond acceptors (Lipinski definition) is 3. The van der Waals surface area contributed by atoms with E-state index < -0.39 is 5.95 Å². The van der Waals surface area contributed by atoms with Crippen molar-refractivity contribution < 1.29 is 9.18 Å². The summed E-state index contributed by atoms with van der Waals surface area (Å²) in [7, 11) is 0. The van der Waals surface area contributed by atoms with E-state index in [4.69, 9.17) is 5.26 Å². The molecule has 1 saturated heterocycles. The highest BCUT2D eigenvalue weighted by molar-refractivity contribution is 5.94. The number of carbonyl (C=O) groups is 1. The Hall–Kier alpha value is -1.96. The lowest BCUT2D eigenvalue weighted by Gasteiger charge is -2.29. The highest BCUT2D eigenvalue weighted by Crippen LogP contribution is 2.18. The fourth-order valence-corrected chi connectivity index (χ4v) is 1.93. The van der Waals surface area contributed by atoms with Crippen LogP contribution >= 0.6 is 0 Å². The van der Waals surface area contributed by atoms with E-state index in [1.54, 1.807) is 4.90 Å². The number of nitrogens with zero attached hydrogens (tertiary/aromatic N) is 3. The minimum atomic E-state index is -0.650. The van der Waals surface area contributed by atoms with E-state index in [9.17, 15) is 9.18 Å². The molecular formula is C12H12FN3O. The normalized spacial score (nSPS) is 16.6. The molecule has 1 amide bonds. The molecule has 0 aromatic carbocycles. The van der Waals surface area contributed by atoms with Gasteiger partial charge in [0.15, 0.2) is 0 Å². The van der Waals surface area contributed by atoms with Crippen molar-refractivity contribution in [3.8, 4) is 6.07 Å². The fourth-order valence-electron chi connectivity index (χ4n) is 1.93. The van der Waals surface area contributed by atoms with Crippen LogP contribution in [0.25, 0.3) is 0 Å². The molecule has 0 aliphatic carbocycles. The monoisotopic (exact) mass is 233 g/mol. The Labute approximate surface area is 98.7 Å². The van der Waals surface area contributed by atoms with Crippen LogP contribution in [0.3, 0.4) is 0 Å². The van der Waals surface area contributed by atoms with Gasteiger partial charge >= 0.3 is 0 Å². The molecule has 1 aliphatic heterocycles. The SMILES string of the molecule is N#CC1CCN(C(=O)c2ccnc(F)c2)CC1. The maximum atomic E-state index is 12.9. The van der Waals surface area contributed by atoms with Gasteiger partial charge in [0, 0.05) is 36.8 Å². The second-order valence-electron chi connectivity index (χ2n) is 4.06. The van der Waals surface area contributed by atoms with Crippen molar-refractivity contribution in [1.29, 1.82) is 5.26 Å². The molecule has 0 atom stereocenters. The Balaban J connectivity index is 2.05. The molecular weight excluding hydrogens is 221 g/mol. The average molecular weight is 233 g/mol. The smallest absolute Gasteiger partial charge is 0.254 e. The van der Waals surface area contributed by atoms with Gasteiger partial charge in [-0.05, 0) is 18.9 Å². The Morgan fingerprint density at radius 3 is 2.82 bits per heavy atom. The van der Waals surface area contributed by atoms with Crippen LogP contribution in [0, 0.1) is 23.2 Å². The molecule has 0 saturated carbocycles. The molecule has 1 aromatic rings. The number of hydrogen-bond donors (Lipinski definition) is 0. The number of pyridine rings is 1. The molecule has 1 fully saturated rings. The third-order valence-corrected chi connectivity index (χ3v) is 2.94. The molecule has 0 N–H and O–H groups in total. The fraction of sp³-hybridized carbons (Fsp3) is 0.417. The molecule has 1 aromatic heterocycles. The third-order valence-electron chi connectivity index (χ3n) is 2.94. The molecule has 0 unspecified atom stereocenters. The topological polar surface area (TPSA) is 57.0 Å². The van der Waals surface area contributed by atoms with Crippen LogP contribution in [0.2, 0.25) is 0 Å². The Morgan fingerprint density at radius 2 is 2.24 bits per heavy atom. The highest BCUT2D eigenvalue weighted by Gasteiger charge is 2.23. The van der Waals surface area contributed by atoms with Crippen molar-refractivity contribution in [2.45, 2.75) is 12.8 Å². The van der Waals surface area contributed by atoms with Crippen molar-refractivity contribution in [3.63, 3.8) is 0 Å². The lowest BCUT2D eigenvalue weighted by Crippen LogP contribution is -2.38. The van der Waals surface area contributed by atoms with Crippen molar-refractivity contribution in [1.82, 2.24) is 9.88 Å². The van der Waals surface area contributed by atoms with Crippen LogP contribution in [0.4, 0.5) is 4.39 Å². The number of halogens is 1. The number of aromatic nitrogens is 1. The largest absolute Gasteiger partial charge is 0.339 e. The molecule has 0 bridgehead atoms. The van der Waals surface area contributed by atoms with Gasteiger partial charge in [-0.15, -0.1) is 0 Å². The van der Waals surface area contributed by atoms with Gasteiger partial charge in [0.1, 0.15) is 0 Å². The number of piperidine rings is 1. The summed E-state index contributed by atoms with van der Waals surface area (Å²) in [5.41, 5.74) is 0.313. The molecule has 4 nitrogen and oxygen atoms in total. The van der Waals surface area contributed by atoms with Gasteiger partial charge < -0.3 is 4.90 Å². The van der Waals surface area contributed by atoms with Crippen LogP contribution in [-0.2, 0) is 0 Å². The van der Waals surface area contributed by atoms with E-state index in [1.165, 1.54) is 12.3 Å². The summed E-state index contributed by atoms with van der Waals surface area (Å²) in [6.07, 6.45) is 2.66. The van der Waals surface area contributed by atoms with Gasteiger partial charge in [-0.25, -0.2) is 4.98 Å². The molecule has 2 heterocycles. The number of rotatable bonds is 1. The zero-order valence-corrected chi connectivity index (χ0v) is 9.27. The summed E-state index contributed by atoms with van der Waals surface area (Å²) in [5.74, 6) is -0.807. The number of likely N-dealkylation sites (tertiary alicyclic amines) is 1. The first-order valence-corrected chi connectivity index (χ1v) is 5.51. The first-order chi connectivity index (χ1) is 8.20. The molecule has 1 aliphatic rings. The predicted molar refractivity (Wildman–Crippen MR) is 58.4 cm³/mol. The third kappa shape index (κ3) is 2.59. The van der Waals surface area contributed by atoms with Gasteiger partial charge in [0.2, 0.25) is 5.95 Å². The van der Waals surface area contributed by atoms with Gasteiger partial charge in [0.25, 0.3) is 5.91 Å². The second kappa shape index (κ2) is 4.91. The zero-order valence-electron chi connectivity index (χ0n) is 9.27. The summed E-state index contributed by atoms with van der Waals surface area (Å²) in [4.78, 5) is 17.1. The number of carbonyl (C=O) groups excluding carboxylic acids is 1. The maximum Gasteiger partial charge on any atom is 0.254 e. The average Bonchev–Trinajstić information content (AvgIpc) is 2.38. The molecule has 0 spiro atoms. The highest BCUT2D eigenvalue weighted by atomic mass is 19.1. The lowest BCUT2D eigenvalue weighted by atomic mass is 9.98. The van der Waals surface area contributed by atoms with E-state index >= 15 is 0 Å². The first-order valence-electron chi connectivity index (χ1n) is 5.51. The Kier molecular flexibility index (Phi) is 3.33. The molecule has 2 rings (SSSR count). The summed E-state index contributed by atoms with van der Waals surface area (Å²) < 4.78 is 12.9. The van der Waals surface area contributed by atoms with E-state index in [0.29, 0.717) is 31.5 Å². The van der Waals surface area contributed by atoms with Crippen LogP contribution in [0.5, 0.6) is 0 Å². The quantitative estimate of drug-likeness (QED) is 0.692. The Bertz CT molecular complexity index is 461. The van der Waals surface area contributed by atoms with Crippen molar-refractivity contribution in [3.05, 3.63) is 29.8 Å². The standard InChI is InChI=1S/C12H12FN3O/c13-11-7-10(1-4-15-11)12(17)16-5-2-9(8-14)3-6-16/h1,4,7,9H,2-3,5-6H2. The van der Waals surface area contributed by atoms with Crippen LogP contribution < -0.4 is 0 Å². The van der Waals surface area contributed by atoms with Gasteiger partial charge in [0.05, 0.1) is 6.07 Å². The van der Waals surface area contributed by atoms with Crippen molar-refractivity contribution >= 4 is 5.91 Å². The molecule has 88 valence electrons. The van der Waals surface area contributed by atoms with Gasteiger partial charge in [-0.1, -0.05) is 0 Å². The van der Waals surface area contributed by atoms with Crippen molar-refractivity contribution in [2.75, 3.05) is 13.1 Å². The molecule has 17 heavy (non-hydrogen) atoms. The number of amides is 1. The zero-order chi connectivity index (χ0) is 12.3. The van der Waals surface area contributed by atoms with Crippen LogP contribution in [-0.4, -0.2) is 28.9 Å². The second-order valence-corrected chi connectivity index (χ2v) is 4.06. The Morgan fingerprint density at radius 1 is 1.53 bits per heavy atom. The minimum absolute atomic E-state index is 0.0354. The lowest BCUT2D eigenvalue weighted by molar-refractivity contribution is 0.0706. The van der Waals surface area contributed by atoms with Crippen molar-refractivity contribution in [2.24, 2.45) is 5.92 Å². The van der Waals surface area contributed by atoms with E-state index in [2.05, 4.69) is 11.1 Å². The van der Waals surface area contributed by atoms with E-state index in [0.717, 1.165) is 6.07 Å². The first kappa shape index (κ1) is 11.5. The molecule has 5 heteroatoms. The minimum Gasteiger partial charge on any atom is -0.339 e. The molecule has 0 radical (unpaired) electrons. The van der Waals surface area contributed by atoms with Crippen LogP contribution in [0.1, 0.15) is 23.2 Å². The van der Waals surface area contributed by atoms with Gasteiger partial charge in [-0.3, -0.25) is 4.79 Å². The number of nitriles is 1. The summed E-state index contributed by atoms with van der Waals surface area (Å²) >= 11 is 0. The van der Waals surface area contributed by atoms with Gasteiger partial charge in [-0.2, -0.15) is 9.65 Å². The van der Waals surface area contributed by atoms with E-state index in [-0.39, 0.29) is 11.8 Å². The summed E-state index contributed by atoms with van der Waals surface area (Å²) in [6, 6.07) is 4.84. The maximum absolute atomic E-state index is 12.9. The summed E-state index contributed by atoms with van der Waals surface area (Å²) in [5, 5.41) is 8.76.